The van der Waals surface area contributed by atoms with Gasteiger partial charge in [-0.15, -0.1) is 0 Å². The average molecular weight is 444 g/mol. The number of halogens is 1. The molecule has 0 N–H and O–H groups in total. The van der Waals surface area contributed by atoms with E-state index < -0.39 is 6.04 Å². The molecule has 2 fully saturated rings. The molecule has 0 saturated carbocycles. The summed E-state index contributed by atoms with van der Waals surface area (Å²) in [6.07, 6.45) is 5.64. The fourth-order valence-electron chi connectivity index (χ4n) is 4.94. The molecule has 2 aliphatic heterocycles. The van der Waals surface area contributed by atoms with Gasteiger partial charge in [-0.1, -0.05) is 37.6 Å². The number of rotatable bonds is 5. The summed E-state index contributed by atoms with van der Waals surface area (Å²) in [6.45, 7) is 6.61. The molecule has 2 heterocycles. The first-order chi connectivity index (χ1) is 14.9. The highest BCUT2D eigenvalue weighted by Gasteiger charge is 2.51. The van der Waals surface area contributed by atoms with Gasteiger partial charge in [0.15, 0.2) is 0 Å². The molecule has 3 amide bonds. The van der Waals surface area contributed by atoms with Crippen LogP contribution in [0, 0.1) is 17.8 Å². The maximum absolute atomic E-state index is 13.5. The molecule has 31 heavy (non-hydrogen) atoms. The summed E-state index contributed by atoms with van der Waals surface area (Å²) < 4.78 is 0. The minimum Gasteiger partial charge on any atom is -0.368 e. The highest BCUT2D eigenvalue weighted by Crippen LogP contribution is 2.37. The molecule has 0 bridgehead atoms. The van der Waals surface area contributed by atoms with E-state index >= 15 is 0 Å². The van der Waals surface area contributed by atoms with E-state index in [-0.39, 0.29) is 35.5 Å². The van der Waals surface area contributed by atoms with Gasteiger partial charge >= 0.3 is 0 Å². The molecular formula is C24H30ClN3O3. The van der Waals surface area contributed by atoms with Crippen LogP contribution in [0.3, 0.4) is 0 Å². The van der Waals surface area contributed by atoms with Gasteiger partial charge in [-0.2, -0.15) is 0 Å². The summed E-state index contributed by atoms with van der Waals surface area (Å²) >= 11 is 5.99. The molecule has 1 aromatic carbocycles. The summed E-state index contributed by atoms with van der Waals surface area (Å²) in [5, 5.41) is 0.699. The van der Waals surface area contributed by atoms with E-state index in [2.05, 4.69) is 4.90 Å². The molecule has 1 aliphatic carbocycles. The van der Waals surface area contributed by atoms with Crippen LogP contribution in [-0.2, 0) is 14.4 Å². The zero-order valence-electron chi connectivity index (χ0n) is 18.2. The molecule has 2 saturated heterocycles. The van der Waals surface area contributed by atoms with Crippen molar-refractivity contribution in [2.75, 3.05) is 31.1 Å². The van der Waals surface area contributed by atoms with Crippen molar-refractivity contribution in [3.8, 4) is 0 Å². The van der Waals surface area contributed by atoms with Crippen molar-refractivity contribution in [2.45, 2.75) is 39.2 Å². The molecule has 6 nitrogen and oxygen atoms in total. The van der Waals surface area contributed by atoms with Crippen molar-refractivity contribution < 1.29 is 14.4 Å². The molecule has 7 heteroatoms. The molecule has 0 spiro atoms. The number of nitrogens with zero attached hydrogens (tertiary/aromatic N) is 3. The number of amides is 3. The smallest absolute Gasteiger partial charge is 0.246 e. The van der Waals surface area contributed by atoms with Crippen LogP contribution in [0.25, 0.3) is 0 Å². The van der Waals surface area contributed by atoms with Crippen molar-refractivity contribution in [2.24, 2.45) is 17.8 Å². The number of carbonyl (C=O) groups excluding carboxylic acids is 3. The third-order valence-corrected chi connectivity index (χ3v) is 6.87. The Bertz CT molecular complexity index is 849. The Morgan fingerprint density at radius 2 is 1.52 bits per heavy atom. The Morgan fingerprint density at radius 1 is 0.968 bits per heavy atom. The normalized spacial score (nSPS) is 24.7. The van der Waals surface area contributed by atoms with Gasteiger partial charge in [-0.05, 0) is 49.4 Å². The molecule has 3 aliphatic rings. The number of benzene rings is 1. The maximum atomic E-state index is 13.5. The highest BCUT2D eigenvalue weighted by molar-refractivity contribution is 6.30. The fraction of sp³-hybridized carbons (Fsp3) is 0.542. The van der Waals surface area contributed by atoms with Gasteiger partial charge in [0.2, 0.25) is 17.7 Å². The Hall–Kier alpha value is -2.34. The van der Waals surface area contributed by atoms with Crippen molar-refractivity contribution in [1.82, 2.24) is 9.80 Å². The first-order valence-electron chi connectivity index (χ1n) is 11.2. The Kier molecular flexibility index (Phi) is 6.37. The monoisotopic (exact) mass is 443 g/mol. The number of hydrogen-bond donors (Lipinski definition) is 0. The van der Waals surface area contributed by atoms with E-state index in [1.165, 1.54) is 4.90 Å². The number of piperazine rings is 1. The van der Waals surface area contributed by atoms with Gasteiger partial charge < -0.3 is 9.80 Å². The first-order valence-corrected chi connectivity index (χ1v) is 11.6. The van der Waals surface area contributed by atoms with Crippen molar-refractivity contribution in [3.05, 3.63) is 41.4 Å². The summed E-state index contributed by atoms with van der Waals surface area (Å²) in [7, 11) is 0. The topological polar surface area (TPSA) is 60.9 Å². The molecule has 0 radical (unpaired) electrons. The summed E-state index contributed by atoms with van der Waals surface area (Å²) in [5.41, 5.74) is 1.08. The standard InChI is InChI=1S/C24H30ClN3O3/c1-16(2)15-21(28-22(29)19-5-3-4-6-20(19)23(28)30)24(31)27-13-11-26(12-14-27)18-9-7-17(25)8-10-18/h3-4,7-10,16,19-21H,5-6,11-15H2,1-2H3. The first kappa shape index (κ1) is 21.9. The van der Waals surface area contributed by atoms with Crippen LogP contribution in [0.1, 0.15) is 33.1 Å². The minimum atomic E-state index is -0.701. The molecule has 3 atom stereocenters. The van der Waals surface area contributed by atoms with Crippen LogP contribution in [0.2, 0.25) is 5.02 Å². The zero-order chi connectivity index (χ0) is 22.1. The number of carbonyl (C=O) groups is 3. The number of anilines is 1. The van der Waals surface area contributed by atoms with E-state index in [4.69, 9.17) is 11.6 Å². The second kappa shape index (κ2) is 9.03. The molecule has 4 rings (SSSR count). The summed E-state index contributed by atoms with van der Waals surface area (Å²) in [4.78, 5) is 45.1. The average Bonchev–Trinajstić information content (AvgIpc) is 3.02. The van der Waals surface area contributed by atoms with Crippen molar-refractivity contribution in [3.63, 3.8) is 0 Å². The van der Waals surface area contributed by atoms with Crippen molar-refractivity contribution >= 4 is 35.0 Å². The molecule has 3 unspecified atom stereocenters. The maximum Gasteiger partial charge on any atom is 0.246 e. The lowest BCUT2D eigenvalue weighted by molar-refractivity contribution is -0.152. The van der Waals surface area contributed by atoms with Crippen LogP contribution in [0.5, 0.6) is 0 Å². The van der Waals surface area contributed by atoms with Crippen LogP contribution in [-0.4, -0.2) is 59.7 Å². The lowest BCUT2D eigenvalue weighted by Crippen LogP contribution is -2.56. The van der Waals surface area contributed by atoms with Gasteiger partial charge in [-0.3, -0.25) is 19.3 Å². The predicted octanol–water partition coefficient (Wildman–Crippen LogP) is 3.35. The Labute approximate surface area is 188 Å². The lowest BCUT2D eigenvalue weighted by Gasteiger charge is -2.39. The molecule has 0 aromatic heterocycles. The van der Waals surface area contributed by atoms with E-state index in [0.717, 1.165) is 5.69 Å². The number of fused-ring (bicyclic) bond motifs is 1. The fourth-order valence-corrected chi connectivity index (χ4v) is 5.07. The zero-order valence-corrected chi connectivity index (χ0v) is 18.9. The Balaban J connectivity index is 1.47. The summed E-state index contributed by atoms with van der Waals surface area (Å²) in [6, 6.07) is 7.00. The number of hydrogen-bond acceptors (Lipinski definition) is 4. The molecule has 166 valence electrons. The van der Waals surface area contributed by atoms with Crippen LogP contribution in [0.4, 0.5) is 5.69 Å². The van der Waals surface area contributed by atoms with E-state index in [0.29, 0.717) is 50.5 Å². The third kappa shape index (κ3) is 4.36. The number of likely N-dealkylation sites (tertiary alicyclic amines) is 1. The quantitative estimate of drug-likeness (QED) is 0.517. The Morgan fingerprint density at radius 3 is 2.03 bits per heavy atom. The van der Waals surface area contributed by atoms with Gasteiger partial charge in [0.1, 0.15) is 6.04 Å². The highest BCUT2D eigenvalue weighted by atomic mass is 35.5. The molecule has 1 aromatic rings. The second-order valence-corrected chi connectivity index (χ2v) is 9.57. The number of imide groups is 1. The largest absolute Gasteiger partial charge is 0.368 e. The van der Waals surface area contributed by atoms with Gasteiger partial charge in [0.05, 0.1) is 11.8 Å². The van der Waals surface area contributed by atoms with Crippen LogP contribution in [0.15, 0.2) is 36.4 Å². The van der Waals surface area contributed by atoms with Crippen LogP contribution >= 0.6 is 11.6 Å². The SMILES string of the molecule is CC(C)CC(C(=O)N1CCN(c2ccc(Cl)cc2)CC1)N1C(=O)C2CC=CCC2C1=O. The third-order valence-electron chi connectivity index (χ3n) is 6.62. The summed E-state index contributed by atoms with van der Waals surface area (Å²) in [5.74, 6) is -0.844. The van der Waals surface area contributed by atoms with Crippen molar-refractivity contribution in [1.29, 1.82) is 0 Å². The molecular weight excluding hydrogens is 414 g/mol. The number of allylic oxidation sites excluding steroid dienone is 2. The van der Waals surface area contributed by atoms with E-state index in [1.807, 2.05) is 55.2 Å². The predicted molar refractivity (Wildman–Crippen MR) is 121 cm³/mol. The minimum absolute atomic E-state index is 0.0993. The van der Waals surface area contributed by atoms with Gasteiger partial charge in [-0.25, -0.2) is 0 Å². The van der Waals surface area contributed by atoms with Gasteiger partial charge in [0.25, 0.3) is 0 Å². The van der Waals surface area contributed by atoms with Crippen LogP contribution < -0.4 is 4.90 Å². The second-order valence-electron chi connectivity index (χ2n) is 9.14. The van der Waals surface area contributed by atoms with E-state index in [1.54, 1.807) is 0 Å². The lowest BCUT2D eigenvalue weighted by atomic mass is 9.85. The van der Waals surface area contributed by atoms with E-state index in [9.17, 15) is 14.4 Å². The van der Waals surface area contributed by atoms with Gasteiger partial charge in [0, 0.05) is 36.9 Å².